The summed E-state index contributed by atoms with van der Waals surface area (Å²) in [5.41, 5.74) is 0. The van der Waals surface area contributed by atoms with Crippen molar-refractivity contribution in [3.63, 3.8) is 0 Å². The van der Waals surface area contributed by atoms with Gasteiger partial charge in [0.05, 0.1) is 0 Å². The molecule has 0 saturated heterocycles. The van der Waals surface area contributed by atoms with Crippen molar-refractivity contribution in [3.8, 4) is 0 Å². The van der Waals surface area contributed by atoms with E-state index in [-0.39, 0.29) is 55.4 Å². The van der Waals surface area contributed by atoms with Gasteiger partial charge in [-0.1, -0.05) is 0 Å². The Labute approximate surface area is 83.3 Å². The molecule has 0 saturated carbocycles. The van der Waals surface area contributed by atoms with Crippen molar-refractivity contribution in [2.45, 2.75) is 0 Å². The van der Waals surface area contributed by atoms with Gasteiger partial charge in [0.2, 0.25) is 0 Å². The maximum Gasteiger partial charge on any atom is 2.00 e. The summed E-state index contributed by atoms with van der Waals surface area (Å²) >= 11 is 0. The summed E-state index contributed by atoms with van der Waals surface area (Å²) in [7, 11) is -5.39. The van der Waals surface area contributed by atoms with Gasteiger partial charge in [-0.2, -0.15) is 7.82 Å². The summed E-state index contributed by atoms with van der Waals surface area (Å²) < 4.78 is 8.55. The molecule has 0 aliphatic rings. The molecule has 0 radical (unpaired) electrons. The van der Waals surface area contributed by atoms with Gasteiger partial charge in [-0.3, -0.25) is 0 Å². The summed E-state index contributed by atoms with van der Waals surface area (Å²) in [6.45, 7) is 0. The standard InChI is InChI=1S/Fe.H3O4P.7H2O/c;1-5(2,3)4;;;;;;;/h;(H3,1,2,3,4);7*1H2/q+2;;;;;;;;/p-3. The Balaban J connectivity index is -0.00000000286. The molecule has 94 valence electrons. The topological polar surface area (TPSA) is 307 Å². The van der Waals surface area contributed by atoms with E-state index in [2.05, 4.69) is 0 Å². The van der Waals surface area contributed by atoms with Crippen LogP contribution in [-0.2, 0) is 21.6 Å². The predicted octanol–water partition coefficient (Wildman–Crippen LogP) is -8.60. The third kappa shape index (κ3) is 10800. The molecule has 0 aromatic heterocycles. The largest absolute Gasteiger partial charge is 2.00 e. The second-order valence-electron chi connectivity index (χ2n) is 0.447. The molecule has 0 unspecified atom stereocenters. The monoisotopic (exact) mass is 277 g/mol. The molecule has 0 fully saturated rings. The molecule has 0 aliphatic heterocycles. The van der Waals surface area contributed by atoms with Crippen LogP contribution in [0.5, 0.6) is 0 Å². The Kier molecular flexibility index (Phi) is 327. The molecule has 0 aromatic rings. The first-order valence-corrected chi connectivity index (χ1v) is 2.19. The molecule has 0 atom stereocenters. The molecule has 11 nitrogen and oxygen atoms in total. The molecule has 13 heavy (non-hydrogen) atoms. The fraction of sp³-hybridized carbons (Fsp3) is 0. The van der Waals surface area contributed by atoms with E-state index in [1.165, 1.54) is 0 Å². The average Bonchev–Trinajstić information content (AvgIpc) is 0.722. The smallest absolute Gasteiger partial charge is 0.822 e. The van der Waals surface area contributed by atoms with Gasteiger partial charge < -0.3 is 57.6 Å². The van der Waals surface area contributed by atoms with Gasteiger partial charge in [0.15, 0.2) is 0 Å². The molecular formula is H14FeO11P-. The summed E-state index contributed by atoms with van der Waals surface area (Å²) in [6.07, 6.45) is 0. The quantitative estimate of drug-likeness (QED) is 0.307. The molecule has 0 aliphatic carbocycles. The van der Waals surface area contributed by atoms with Gasteiger partial charge in [0, 0.05) is 0 Å². The Bertz CT molecular complexity index is 56.2. The van der Waals surface area contributed by atoms with Crippen LogP contribution >= 0.6 is 7.82 Å². The average molecular weight is 277 g/mol. The molecule has 0 amide bonds. The number of rotatable bonds is 0. The van der Waals surface area contributed by atoms with E-state index >= 15 is 0 Å². The Morgan fingerprint density at radius 3 is 0.615 bits per heavy atom. The van der Waals surface area contributed by atoms with Gasteiger partial charge in [-0.15, -0.1) is 0 Å². The third-order valence-corrected chi connectivity index (χ3v) is 0. The van der Waals surface area contributed by atoms with E-state index in [9.17, 15) is 0 Å². The molecule has 0 aromatic carbocycles. The van der Waals surface area contributed by atoms with Crippen LogP contribution in [0.1, 0.15) is 0 Å². The normalized spacial score (nSPS) is 4.54. The van der Waals surface area contributed by atoms with Gasteiger partial charge in [0.25, 0.3) is 0 Å². The van der Waals surface area contributed by atoms with Gasteiger partial charge in [-0.25, -0.2) is 0 Å². The van der Waals surface area contributed by atoms with E-state index in [0.29, 0.717) is 0 Å². The summed E-state index contributed by atoms with van der Waals surface area (Å²) in [6, 6.07) is 0. The summed E-state index contributed by atoms with van der Waals surface area (Å²) in [4.78, 5) is 25.6. The molecule has 0 heterocycles. The van der Waals surface area contributed by atoms with Crippen LogP contribution < -0.4 is 14.7 Å². The van der Waals surface area contributed by atoms with E-state index < -0.39 is 7.82 Å². The van der Waals surface area contributed by atoms with E-state index in [1.54, 1.807) is 0 Å². The molecule has 0 spiro atoms. The zero-order chi connectivity index (χ0) is 4.50. The maximum atomic E-state index is 8.55. The minimum absolute atomic E-state index is 0. The zero-order valence-electron chi connectivity index (χ0n) is 5.93. The van der Waals surface area contributed by atoms with Gasteiger partial charge in [-0.05, 0) is 0 Å². The van der Waals surface area contributed by atoms with Crippen molar-refractivity contribution >= 4 is 7.82 Å². The van der Waals surface area contributed by atoms with E-state index in [0.717, 1.165) is 0 Å². The second kappa shape index (κ2) is 39.5. The fourth-order valence-electron chi connectivity index (χ4n) is 0. The van der Waals surface area contributed by atoms with Crippen molar-refractivity contribution in [2.24, 2.45) is 0 Å². The van der Waals surface area contributed by atoms with Crippen LogP contribution in [-0.4, -0.2) is 38.3 Å². The number of hydrogen-bond acceptors (Lipinski definition) is 4. The fourth-order valence-corrected chi connectivity index (χ4v) is 0. The van der Waals surface area contributed by atoms with Crippen LogP contribution in [0.4, 0.5) is 0 Å². The molecular weight excluding hydrogens is 263 g/mol. The van der Waals surface area contributed by atoms with Crippen molar-refractivity contribution in [1.82, 2.24) is 0 Å². The van der Waals surface area contributed by atoms with Crippen molar-refractivity contribution in [1.29, 1.82) is 0 Å². The number of phosphoric acid groups is 1. The third-order valence-electron chi connectivity index (χ3n) is 0. The number of hydrogen-bond donors (Lipinski definition) is 0. The Hall–Kier alpha value is 0.349. The van der Waals surface area contributed by atoms with Crippen LogP contribution in [0.15, 0.2) is 0 Å². The zero-order valence-corrected chi connectivity index (χ0v) is 7.93. The minimum atomic E-state index is -5.39. The van der Waals surface area contributed by atoms with E-state index in [1.807, 2.05) is 0 Å². The van der Waals surface area contributed by atoms with Crippen molar-refractivity contribution in [2.75, 3.05) is 0 Å². The first-order valence-electron chi connectivity index (χ1n) is 0.730. The molecule has 0 rings (SSSR count). The minimum Gasteiger partial charge on any atom is -0.822 e. The summed E-state index contributed by atoms with van der Waals surface area (Å²) in [5.74, 6) is 0. The van der Waals surface area contributed by atoms with Gasteiger partial charge >= 0.3 is 17.1 Å². The Morgan fingerprint density at radius 1 is 0.615 bits per heavy atom. The SMILES string of the molecule is O.O.O.O.O.O.O.O=P([O-])([O-])[O-].[Fe+2]. The van der Waals surface area contributed by atoms with Crippen molar-refractivity contribution < 1.29 is 74.6 Å². The first-order chi connectivity index (χ1) is 2.00. The van der Waals surface area contributed by atoms with Crippen LogP contribution in [0.2, 0.25) is 0 Å². The first kappa shape index (κ1) is 108. The summed E-state index contributed by atoms with van der Waals surface area (Å²) in [5, 5.41) is 0. The van der Waals surface area contributed by atoms with Crippen LogP contribution in [0.25, 0.3) is 0 Å². The van der Waals surface area contributed by atoms with E-state index in [4.69, 9.17) is 19.2 Å². The van der Waals surface area contributed by atoms with Crippen LogP contribution in [0, 0.1) is 0 Å². The van der Waals surface area contributed by atoms with Crippen LogP contribution in [0.3, 0.4) is 0 Å². The Morgan fingerprint density at radius 2 is 0.615 bits per heavy atom. The molecule has 13 heteroatoms. The predicted molar refractivity (Wildman–Crippen MR) is 32.9 cm³/mol. The van der Waals surface area contributed by atoms with Crippen molar-refractivity contribution in [3.05, 3.63) is 0 Å². The van der Waals surface area contributed by atoms with Gasteiger partial charge in [0.1, 0.15) is 0 Å². The molecule has 14 N–H and O–H groups in total. The second-order valence-corrected chi connectivity index (χ2v) is 1.34. The maximum absolute atomic E-state index is 8.55. The molecule has 0 bridgehead atoms.